The smallest absolute Gasteiger partial charge is 0.251 e. The lowest BCUT2D eigenvalue weighted by molar-refractivity contribution is 0.263. The van der Waals surface area contributed by atoms with Gasteiger partial charge < -0.3 is 10.3 Å². The Labute approximate surface area is 124 Å². The Bertz CT molecular complexity index is 488. The van der Waals surface area contributed by atoms with Crippen LogP contribution in [0, 0.1) is 5.92 Å². The summed E-state index contributed by atoms with van der Waals surface area (Å²) in [7, 11) is 2.09. The summed E-state index contributed by atoms with van der Waals surface area (Å²) in [5.41, 5.74) is 0.772. The number of aromatic nitrogens is 2. The van der Waals surface area contributed by atoms with Gasteiger partial charge in [0.25, 0.3) is 5.56 Å². The van der Waals surface area contributed by atoms with Crippen LogP contribution in [0.2, 0.25) is 0 Å². The zero-order chi connectivity index (χ0) is 14.5. The predicted molar refractivity (Wildman–Crippen MR) is 84.1 cm³/mol. The van der Waals surface area contributed by atoms with Crippen molar-refractivity contribution < 1.29 is 0 Å². The summed E-state index contributed by atoms with van der Waals surface area (Å²) in [5.74, 6) is 3.53. The monoisotopic (exact) mass is 296 g/mol. The molecule has 1 atom stereocenters. The van der Waals surface area contributed by atoms with Gasteiger partial charge in [0.1, 0.15) is 5.82 Å². The molecule has 1 aromatic rings. The lowest BCUT2D eigenvalue weighted by Gasteiger charge is -2.31. The summed E-state index contributed by atoms with van der Waals surface area (Å²) >= 11 is 1.92. The number of H-pyrrole nitrogens is 1. The highest BCUT2D eigenvalue weighted by Gasteiger charge is 2.23. The van der Waals surface area contributed by atoms with Gasteiger partial charge in [-0.2, -0.15) is 11.8 Å². The third kappa shape index (κ3) is 4.33. The van der Waals surface area contributed by atoms with E-state index in [2.05, 4.69) is 41.1 Å². The highest BCUT2D eigenvalue weighted by atomic mass is 32.2. The first-order chi connectivity index (χ1) is 9.56. The van der Waals surface area contributed by atoms with Crippen LogP contribution >= 0.6 is 11.8 Å². The van der Waals surface area contributed by atoms with Crippen LogP contribution in [-0.2, 0) is 6.54 Å². The number of thioether (sulfide) groups is 1. The Morgan fingerprint density at radius 2 is 2.40 bits per heavy atom. The average molecular weight is 296 g/mol. The molecule has 2 N–H and O–H groups in total. The van der Waals surface area contributed by atoms with E-state index in [1.165, 1.54) is 0 Å². The molecular formula is C14H24N4OS. The van der Waals surface area contributed by atoms with Crippen molar-refractivity contribution in [1.29, 1.82) is 0 Å². The molecule has 1 fully saturated rings. The Kier molecular flexibility index (Phi) is 5.63. The van der Waals surface area contributed by atoms with Crippen molar-refractivity contribution in [2.75, 3.05) is 31.6 Å². The minimum atomic E-state index is -0.0553. The number of nitrogens with one attached hydrogen (secondary N) is 2. The van der Waals surface area contributed by atoms with Gasteiger partial charge >= 0.3 is 0 Å². The second-order valence-corrected chi connectivity index (χ2v) is 6.87. The van der Waals surface area contributed by atoms with Crippen LogP contribution < -0.4 is 10.9 Å². The minimum absolute atomic E-state index is 0.0553. The predicted octanol–water partition coefficient (Wildman–Crippen LogP) is 1.24. The lowest BCUT2D eigenvalue weighted by atomic mass is 10.2. The maximum atomic E-state index is 11.8. The molecule has 5 nitrogen and oxygen atoms in total. The molecule has 1 aliphatic rings. The van der Waals surface area contributed by atoms with Gasteiger partial charge in [0, 0.05) is 30.7 Å². The van der Waals surface area contributed by atoms with Crippen LogP contribution in [0.3, 0.4) is 0 Å². The van der Waals surface area contributed by atoms with Gasteiger partial charge in [0.05, 0.1) is 11.7 Å². The number of hydrogen-bond acceptors (Lipinski definition) is 5. The molecular weight excluding hydrogens is 272 g/mol. The van der Waals surface area contributed by atoms with Gasteiger partial charge in [-0.1, -0.05) is 13.8 Å². The number of hydrogen-bond donors (Lipinski definition) is 2. The summed E-state index contributed by atoms with van der Waals surface area (Å²) in [6.45, 7) is 6.95. The zero-order valence-electron chi connectivity index (χ0n) is 12.5. The quantitative estimate of drug-likeness (QED) is 0.856. The van der Waals surface area contributed by atoms with Crippen LogP contribution in [-0.4, -0.2) is 46.5 Å². The van der Waals surface area contributed by atoms with Crippen molar-refractivity contribution in [3.05, 3.63) is 27.9 Å². The molecule has 0 aromatic carbocycles. The van der Waals surface area contributed by atoms with Gasteiger partial charge in [-0.3, -0.25) is 9.69 Å². The molecule has 0 radical (unpaired) electrons. The van der Waals surface area contributed by atoms with Crippen LogP contribution in [0.15, 0.2) is 10.9 Å². The maximum Gasteiger partial charge on any atom is 0.251 e. The number of nitrogens with zero attached hydrogens (tertiary/aromatic N) is 2. The standard InChI is InChI=1S/C14H24N4OS/c1-10(2)7-15-8-11-6-13(19)17-14(16-11)12-9-20-5-4-18(12)3/h6,10,12,15H,4-5,7-9H2,1-3H3,(H,16,17,19). The molecule has 2 heterocycles. The first kappa shape index (κ1) is 15.5. The van der Waals surface area contributed by atoms with Gasteiger partial charge in [-0.25, -0.2) is 4.98 Å². The zero-order valence-corrected chi connectivity index (χ0v) is 13.3. The first-order valence-electron chi connectivity index (χ1n) is 7.15. The molecule has 1 saturated heterocycles. The van der Waals surface area contributed by atoms with Crippen molar-refractivity contribution in [3.63, 3.8) is 0 Å². The van der Waals surface area contributed by atoms with Crippen molar-refractivity contribution >= 4 is 11.8 Å². The summed E-state index contributed by atoms with van der Waals surface area (Å²) in [4.78, 5) is 21.6. The van der Waals surface area contributed by atoms with E-state index in [9.17, 15) is 4.79 Å². The number of aromatic amines is 1. The van der Waals surface area contributed by atoms with E-state index in [-0.39, 0.29) is 11.6 Å². The molecule has 0 aliphatic carbocycles. The summed E-state index contributed by atoms with van der Waals surface area (Å²) in [6.07, 6.45) is 0. The van der Waals surface area contributed by atoms with E-state index in [1.807, 2.05) is 11.8 Å². The molecule has 20 heavy (non-hydrogen) atoms. The van der Waals surface area contributed by atoms with E-state index in [0.717, 1.165) is 36.1 Å². The highest BCUT2D eigenvalue weighted by molar-refractivity contribution is 7.99. The Morgan fingerprint density at radius 3 is 3.10 bits per heavy atom. The Balaban J connectivity index is 2.09. The SMILES string of the molecule is CC(C)CNCc1cc(=O)[nH]c(C2CSCCN2C)n1. The maximum absolute atomic E-state index is 11.8. The fourth-order valence-electron chi connectivity index (χ4n) is 2.24. The van der Waals surface area contributed by atoms with Crippen LogP contribution in [0.1, 0.15) is 31.4 Å². The second kappa shape index (κ2) is 7.24. The van der Waals surface area contributed by atoms with E-state index in [0.29, 0.717) is 12.5 Å². The van der Waals surface area contributed by atoms with Crippen molar-refractivity contribution in [2.24, 2.45) is 5.92 Å². The molecule has 1 aromatic heterocycles. The van der Waals surface area contributed by atoms with Crippen LogP contribution in [0.5, 0.6) is 0 Å². The Morgan fingerprint density at radius 1 is 1.60 bits per heavy atom. The first-order valence-corrected chi connectivity index (χ1v) is 8.30. The van der Waals surface area contributed by atoms with E-state index in [1.54, 1.807) is 6.07 Å². The van der Waals surface area contributed by atoms with E-state index in [4.69, 9.17) is 0 Å². The molecule has 6 heteroatoms. The van der Waals surface area contributed by atoms with Crippen LogP contribution in [0.25, 0.3) is 0 Å². The molecule has 0 amide bonds. The topological polar surface area (TPSA) is 61.0 Å². The minimum Gasteiger partial charge on any atom is -0.311 e. The molecule has 1 unspecified atom stereocenters. The molecule has 2 rings (SSSR count). The average Bonchev–Trinajstić information content (AvgIpc) is 2.38. The largest absolute Gasteiger partial charge is 0.311 e. The van der Waals surface area contributed by atoms with E-state index >= 15 is 0 Å². The van der Waals surface area contributed by atoms with Crippen molar-refractivity contribution in [3.8, 4) is 0 Å². The fourth-order valence-corrected chi connectivity index (χ4v) is 3.46. The number of rotatable bonds is 5. The molecule has 0 bridgehead atoms. The molecule has 112 valence electrons. The summed E-state index contributed by atoms with van der Waals surface area (Å²) < 4.78 is 0. The van der Waals surface area contributed by atoms with Gasteiger partial charge in [-0.15, -0.1) is 0 Å². The Hall–Kier alpha value is -0.850. The van der Waals surface area contributed by atoms with Crippen molar-refractivity contribution in [1.82, 2.24) is 20.2 Å². The third-order valence-electron chi connectivity index (χ3n) is 3.38. The lowest BCUT2D eigenvalue weighted by Crippen LogP contribution is -2.35. The summed E-state index contributed by atoms with van der Waals surface area (Å²) in [6, 6.07) is 1.80. The van der Waals surface area contributed by atoms with Gasteiger partial charge in [0.2, 0.25) is 0 Å². The molecule has 0 spiro atoms. The van der Waals surface area contributed by atoms with Crippen LogP contribution in [0.4, 0.5) is 0 Å². The van der Waals surface area contributed by atoms with Gasteiger partial charge in [-0.05, 0) is 19.5 Å². The fraction of sp³-hybridized carbons (Fsp3) is 0.714. The normalized spacial score (nSPS) is 20.5. The molecule has 0 saturated carbocycles. The van der Waals surface area contributed by atoms with Crippen molar-refractivity contribution in [2.45, 2.75) is 26.4 Å². The van der Waals surface area contributed by atoms with E-state index < -0.39 is 0 Å². The summed E-state index contributed by atoms with van der Waals surface area (Å²) in [5, 5.41) is 3.34. The molecule has 1 aliphatic heterocycles. The third-order valence-corrected chi connectivity index (χ3v) is 4.41. The highest BCUT2D eigenvalue weighted by Crippen LogP contribution is 2.25. The van der Waals surface area contributed by atoms with Gasteiger partial charge in [0.15, 0.2) is 0 Å². The second-order valence-electron chi connectivity index (χ2n) is 5.72.